The van der Waals surface area contributed by atoms with Crippen LogP contribution in [0.1, 0.15) is 10.4 Å². The van der Waals surface area contributed by atoms with Crippen molar-refractivity contribution in [2.75, 3.05) is 17.7 Å². The molecule has 140 valence electrons. The number of nitrogens with zero attached hydrogens (tertiary/aromatic N) is 1. The molecule has 0 aliphatic carbocycles. The lowest BCUT2D eigenvalue weighted by Gasteiger charge is -2.15. The van der Waals surface area contributed by atoms with Crippen LogP contribution in [-0.4, -0.2) is 18.7 Å². The first-order chi connectivity index (χ1) is 13.3. The zero-order valence-electron chi connectivity index (χ0n) is 14.7. The molecule has 5 nitrogen and oxygen atoms in total. The van der Waals surface area contributed by atoms with Crippen molar-refractivity contribution < 1.29 is 23.1 Å². The van der Waals surface area contributed by atoms with Gasteiger partial charge in [0.1, 0.15) is 11.6 Å². The predicted octanol–water partition coefficient (Wildman–Crippen LogP) is 4.17. The minimum atomic E-state index is -0.840. The fourth-order valence-electron chi connectivity index (χ4n) is 3.08. The Kier molecular flexibility index (Phi) is 4.07. The lowest BCUT2D eigenvalue weighted by atomic mass is 10.0. The molecule has 0 bridgehead atoms. The van der Waals surface area contributed by atoms with Gasteiger partial charge in [-0.15, -0.1) is 0 Å². The van der Waals surface area contributed by atoms with Crippen LogP contribution in [0.4, 0.5) is 20.2 Å². The van der Waals surface area contributed by atoms with E-state index < -0.39 is 23.3 Å². The molecule has 2 N–H and O–H groups in total. The van der Waals surface area contributed by atoms with E-state index in [1.54, 1.807) is 36.4 Å². The maximum Gasteiger partial charge on any atom is 0.299 e. The number of nitrogen functional groups attached to an aromatic ring is 1. The van der Waals surface area contributed by atoms with Crippen molar-refractivity contribution >= 4 is 23.1 Å². The predicted molar refractivity (Wildman–Crippen MR) is 100 cm³/mol. The Morgan fingerprint density at radius 1 is 0.893 bits per heavy atom. The second kappa shape index (κ2) is 6.45. The number of benzene rings is 3. The fourth-order valence-corrected chi connectivity index (χ4v) is 3.08. The van der Waals surface area contributed by atoms with Gasteiger partial charge in [-0.1, -0.05) is 6.07 Å². The van der Waals surface area contributed by atoms with Crippen LogP contribution in [-0.2, 0) is 4.79 Å². The third-order valence-electron chi connectivity index (χ3n) is 4.53. The number of fused-ring (bicyclic) bond motifs is 1. The number of hydrogen-bond acceptors (Lipinski definition) is 4. The lowest BCUT2D eigenvalue weighted by molar-refractivity contribution is -0.114. The summed E-state index contributed by atoms with van der Waals surface area (Å²) in [5.41, 5.74) is 8.28. The molecule has 1 aliphatic rings. The highest BCUT2D eigenvalue weighted by Gasteiger charge is 2.33. The van der Waals surface area contributed by atoms with E-state index in [0.29, 0.717) is 28.1 Å². The van der Waals surface area contributed by atoms with Gasteiger partial charge in [0.05, 0.1) is 11.3 Å². The first-order valence-corrected chi connectivity index (χ1v) is 8.34. The summed E-state index contributed by atoms with van der Waals surface area (Å²) in [7, 11) is 1.51. The number of anilines is 2. The van der Waals surface area contributed by atoms with Crippen molar-refractivity contribution in [2.45, 2.75) is 0 Å². The SMILES string of the molecule is CN1C(=O)C(=O)c2ccc(-c3cc(N)ccc3Oc3ccc(F)cc3F)cc21. The van der Waals surface area contributed by atoms with E-state index in [0.717, 1.165) is 12.1 Å². The molecule has 0 spiro atoms. The van der Waals surface area contributed by atoms with Gasteiger partial charge in [0.2, 0.25) is 0 Å². The molecule has 0 saturated carbocycles. The Morgan fingerprint density at radius 2 is 1.64 bits per heavy atom. The van der Waals surface area contributed by atoms with E-state index in [1.807, 2.05) is 0 Å². The van der Waals surface area contributed by atoms with E-state index in [-0.39, 0.29) is 11.5 Å². The Balaban J connectivity index is 1.80. The summed E-state index contributed by atoms with van der Waals surface area (Å²) in [5.74, 6) is -2.58. The standard InChI is InChI=1S/C21H14F2N2O3/c1-25-17-8-11(2-5-14(17)20(26)21(25)27)15-10-13(24)4-7-18(15)28-19-6-3-12(22)9-16(19)23/h2-10H,24H2,1H3. The molecule has 3 aromatic rings. The number of amides is 1. The number of carbonyl (C=O) groups excluding carboxylic acids is 2. The third kappa shape index (κ3) is 2.87. The zero-order valence-corrected chi connectivity index (χ0v) is 14.7. The van der Waals surface area contributed by atoms with Crippen molar-refractivity contribution in [3.05, 3.63) is 71.8 Å². The van der Waals surface area contributed by atoms with Crippen LogP contribution in [0.2, 0.25) is 0 Å². The Morgan fingerprint density at radius 3 is 2.39 bits per heavy atom. The quantitative estimate of drug-likeness (QED) is 0.547. The third-order valence-corrected chi connectivity index (χ3v) is 4.53. The minimum Gasteiger partial charge on any atom is -0.454 e. The summed E-state index contributed by atoms with van der Waals surface area (Å²) in [6.07, 6.45) is 0. The maximum absolute atomic E-state index is 14.0. The van der Waals surface area contributed by atoms with Crippen molar-refractivity contribution in [3.63, 3.8) is 0 Å². The van der Waals surface area contributed by atoms with Gasteiger partial charge < -0.3 is 15.4 Å². The van der Waals surface area contributed by atoms with Gasteiger partial charge >= 0.3 is 0 Å². The van der Waals surface area contributed by atoms with E-state index in [9.17, 15) is 18.4 Å². The highest BCUT2D eigenvalue weighted by Crippen LogP contribution is 2.39. The van der Waals surface area contributed by atoms with Crippen LogP contribution in [0.3, 0.4) is 0 Å². The van der Waals surface area contributed by atoms with Gasteiger partial charge in [-0.2, -0.15) is 0 Å². The van der Waals surface area contributed by atoms with E-state index >= 15 is 0 Å². The monoisotopic (exact) mass is 380 g/mol. The Hall–Kier alpha value is -3.74. The molecule has 1 heterocycles. The molecule has 1 amide bonds. The highest BCUT2D eigenvalue weighted by molar-refractivity contribution is 6.52. The number of hydrogen-bond donors (Lipinski definition) is 1. The van der Waals surface area contributed by atoms with Crippen molar-refractivity contribution in [1.29, 1.82) is 0 Å². The number of nitrogens with two attached hydrogens (primary N) is 1. The molecule has 1 aliphatic heterocycles. The molecule has 3 aromatic carbocycles. The molecule has 4 rings (SSSR count). The molecule has 0 fully saturated rings. The van der Waals surface area contributed by atoms with Crippen molar-refractivity contribution in [1.82, 2.24) is 0 Å². The average molecular weight is 380 g/mol. The summed E-state index contributed by atoms with van der Waals surface area (Å²) in [6.45, 7) is 0. The number of likely N-dealkylation sites (N-methyl/N-ethyl adjacent to an activating group) is 1. The number of halogens is 2. The fraction of sp³-hybridized carbons (Fsp3) is 0.0476. The second-order valence-corrected chi connectivity index (χ2v) is 6.36. The molecular formula is C21H14F2N2O3. The summed E-state index contributed by atoms with van der Waals surface area (Å²) in [5, 5.41) is 0. The van der Waals surface area contributed by atoms with Crippen molar-refractivity contribution in [2.24, 2.45) is 0 Å². The minimum absolute atomic E-state index is 0.143. The molecule has 28 heavy (non-hydrogen) atoms. The number of carbonyl (C=O) groups is 2. The lowest BCUT2D eigenvalue weighted by Crippen LogP contribution is -2.24. The van der Waals surface area contributed by atoms with Crippen LogP contribution in [0.5, 0.6) is 11.5 Å². The maximum atomic E-state index is 14.0. The number of ether oxygens (including phenoxy) is 1. The van der Waals surface area contributed by atoms with Gasteiger partial charge in [-0.25, -0.2) is 8.78 Å². The number of rotatable bonds is 3. The van der Waals surface area contributed by atoms with Crippen LogP contribution in [0.15, 0.2) is 54.6 Å². The van der Waals surface area contributed by atoms with Gasteiger partial charge in [0.25, 0.3) is 11.7 Å². The van der Waals surface area contributed by atoms with Crippen molar-refractivity contribution in [3.8, 4) is 22.6 Å². The van der Waals surface area contributed by atoms with Gasteiger partial charge in [-0.3, -0.25) is 9.59 Å². The first kappa shape index (κ1) is 17.7. The first-order valence-electron chi connectivity index (χ1n) is 8.34. The molecule has 0 atom stereocenters. The molecule has 0 aromatic heterocycles. The van der Waals surface area contributed by atoms with Crippen LogP contribution < -0.4 is 15.4 Å². The summed E-state index contributed by atoms with van der Waals surface area (Å²) in [4.78, 5) is 25.1. The van der Waals surface area contributed by atoms with Gasteiger partial charge in [-0.05, 0) is 48.0 Å². The van der Waals surface area contributed by atoms with Gasteiger partial charge in [0.15, 0.2) is 11.6 Å². The zero-order chi connectivity index (χ0) is 20.0. The van der Waals surface area contributed by atoms with Gasteiger partial charge in [0, 0.05) is 24.4 Å². The van der Waals surface area contributed by atoms with Crippen LogP contribution in [0, 0.1) is 11.6 Å². The number of ketones is 1. The normalized spacial score (nSPS) is 13.0. The Labute approximate surface area is 159 Å². The number of Topliss-reactive ketones (excluding diaryl/α,β-unsaturated/α-hetero) is 1. The van der Waals surface area contributed by atoms with Crippen LogP contribution >= 0.6 is 0 Å². The average Bonchev–Trinajstić information content (AvgIpc) is 2.89. The molecule has 7 heteroatoms. The molecule has 0 radical (unpaired) electrons. The molecule has 0 saturated heterocycles. The second-order valence-electron chi connectivity index (χ2n) is 6.36. The molecule has 0 unspecified atom stereocenters. The largest absolute Gasteiger partial charge is 0.454 e. The summed E-state index contributed by atoms with van der Waals surface area (Å²) >= 11 is 0. The van der Waals surface area contributed by atoms with Crippen LogP contribution in [0.25, 0.3) is 11.1 Å². The summed E-state index contributed by atoms with van der Waals surface area (Å²) < 4.78 is 32.8. The molecular weight excluding hydrogens is 366 g/mol. The van der Waals surface area contributed by atoms with E-state index in [2.05, 4.69) is 0 Å². The van der Waals surface area contributed by atoms with E-state index in [1.165, 1.54) is 18.0 Å². The topological polar surface area (TPSA) is 72.6 Å². The summed E-state index contributed by atoms with van der Waals surface area (Å²) in [6, 6.07) is 12.7. The Bertz CT molecular complexity index is 1140. The highest BCUT2D eigenvalue weighted by atomic mass is 19.1. The van der Waals surface area contributed by atoms with E-state index in [4.69, 9.17) is 10.5 Å². The smallest absolute Gasteiger partial charge is 0.299 e.